The number of rotatable bonds is 16. The quantitative estimate of drug-likeness (QED) is 0.354. The Morgan fingerprint density at radius 2 is 1.28 bits per heavy atom. The monoisotopic (exact) mass is 353 g/mol. The van der Waals surface area contributed by atoms with Crippen LogP contribution in [0.15, 0.2) is 0 Å². The minimum Gasteiger partial charge on any atom is -0.393 e. The van der Waals surface area contributed by atoms with Crippen molar-refractivity contribution in [3.8, 4) is 0 Å². The van der Waals surface area contributed by atoms with Gasteiger partial charge in [-0.25, -0.2) is 0 Å². The SMILES string of the molecule is CCCCCCCCCCCCC(O)CCCCC(=O)N1CCCC1. The average molecular weight is 354 g/mol. The zero-order valence-electron chi connectivity index (χ0n) is 16.8. The van der Waals surface area contributed by atoms with Gasteiger partial charge in [0, 0.05) is 19.5 Å². The molecule has 0 radical (unpaired) electrons. The van der Waals surface area contributed by atoms with Gasteiger partial charge in [0.2, 0.25) is 5.91 Å². The molecule has 1 heterocycles. The standard InChI is InChI=1S/C22H43NO2/c1-2-3-4-5-6-7-8-9-10-11-16-21(24)17-12-13-18-22(25)23-19-14-15-20-23/h21,24H,2-20H2,1H3. The third-order valence-corrected chi connectivity index (χ3v) is 5.53. The maximum Gasteiger partial charge on any atom is 0.222 e. The maximum absolute atomic E-state index is 11.9. The zero-order chi connectivity index (χ0) is 18.2. The molecule has 1 rings (SSSR count). The van der Waals surface area contributed by atoms with E-state index < -0.39 is 0 Å². The summed E-state index contributed by atoms with van der Waals surface area (Å²) in [5, 5.41) is 10.1. The predicted octanol–water partition coefficient (Wildman–Crippen LogP) is 5.84. The third kappa shape index (κ3) is 12.4. The van der Waals surface area contributed by atoms with Crippen LogP contribution in [0.25, 0.3) is 0 Å². The van der Waals surface area contributed by atoms with Gasteiger partial charge in [0.05, 0.1) is 6.10 Å². The molecule has 0 aromatic rings. The van der Waals surface area contributed by atoms with Crippen molar-refractivity contribution in [2.45, 2.75) is 122 Å². The molecule has 1 aliphatic rings. The number of unbranched alkanes of at least 4 members (excludes halogenated alkanes) is 10. The van der Waals surface area contributed by atoms with E-state index >= 15 is 0 Å². The number of hydrogen-bond acceptors (Lipinski definition) is 2. The van der Waals surface area contributed by atoms with Gasteiger partial charge >= 0.3 is 0 Å². The van der Waals surface area contributed by atoms with Crippen molar-refractivity contribution in [1.82, 2.24) is 4.90 Å². The Morgan fingerprint density at radius 3 is 1.84 bits per heavy atom. The molecule has 1 fully saturated rings. The number of amides is 1. The highest BCUT2D eigenvalue weighted by molar-refractivity contribution is 5.76. The summed E-state index contributed by atoms with van der Waals surface area (Å²) in [6.07, 6.45) is 20.0. The summed E-state index contributed by atoms with van der Waals surface area (Å²) in [6, 6.07) is 0. The minimum atomic E-state index is -0.157. The third-order valence-electron chi connectivity index (χ3n) is 5.53. The van der Waals surface area contributed by atoms with Crippen LogP contribution in [0.4, 0.5) is 0 Å². The van der Waals surface area contributed by atoms with E-state index in [0.717, 1.165) is 45.2 Å². The fourth-order valence-corrected chi connectivity index (χ4v) is 3.79. The van der Waals surface area contributed by atoms with Gasteiger partial charge < -0.3 is 10.0 Å². The summed E-state index contributed by atoms with van der Waals surface area (Å²) in [5.74, 6) is 0.321. The van der Waals surface area contributed by atoms with Crippen LogP contribution in [0.2, 0.25) is 0 Å². The fraction of sp³-hybridized carbons (Fsp3) is 0.955. The first-order valence-corrected chi connectivity index (χ1v) is 11.2. The molecule has 1 N–H and O–H groups in total. The Hall–Kier alpha value is -0.570. The van der Waals surface area contributed by atoms with Crippen LogP contribution in [0.3, 0.4) is 0 Å². The molecule has 148 valence electrons. The zero-order valence-corrected chi connectivity index (χ0v) is 16.8. The van der Waals surface area contributed by atoms with Crippen molar-refractivity contribution in [2.24, 2.45) is 0 Å². The molecular weight excluding hydrogens is 310 g/mol. The summed E-state index contributed by atoms with van der Waals surface area (Å²) in [5.41, 5.74) is 0. The molecule has 3 nitrogen and oxygen atoms in total. The molecule has 25 heavy (non-hydrogen) atoms. The molecule has 1 atom stereocenters. The van der Waals surface area contributed by atoms with E-state index in [0.29, 0.717) is 12.3 Å². The van der Waals surface area contributed by atoms with Gasteiger partial charge in [-0.1, -0.05) is 77.6 Å². The van der Waals surface area contributed by atoms with E-state index in [4.69, 9.17) is 0 Å². The lowest BCUT2D eigenvalue weighted by atomic mass is 10.0. The summed E-state index contributed by atoms with van der Waals surface area (Å²) < 4.78 is 0. The average Bonchev–Trinajstić information content (AvgIpc) is 3.15. The smallest absolute Gasteiger partial charge is 0.222 e. The van der Waals surface area contributed by atoms with Gasteiger partial charge in [-0.05, 0) is 32.1 Å². The van der Waals surface area contributed by atoms with Gasteiger partial charge in [-0.3, -0.25) is 4.79 Å². The Kier molecular flexibility index (Phi) is 14.1. The van der Waals surface area contributed by atoms with E-state index in [-0.39, 0.29) is 6.10 Å². The lowest BCUT2D eigenvalue weighted by molar-refractivity contribution is -0.130. The summed E-state index contributed by atoms with van der Waals surface area (Å²) in [6.45, 7) is 4.18. The van der Waals surface area contributed by atoms with Crippen LogP contribution in [-0.4, -0.2) is 35.1 Å². The minimum absolute atomic E-state index is 0.157. The van der Waals surface area contributed by atoms with E-state index in [1.807, 2.05) is 4.90 Å². The summed E-state index contributed by atoms with van der Waals surface area (Å²) >= 11 is 0. The Bertz CT molecular complexity index is 313. The molecule has 0 aromatic carbocycles. The van der Waals surface area contributed by atoms with Crippen molar-refractivity contribution >= 4 is 5.91 Å². The second kappa shape index (κ2) is 15.7. The van der Waals surface area contributed by atoms with Crippen LogP contribution < -0.4 is 0 Å². The molecule has 1 saturated heterocycles. The Labute approximate surface area is 156 Å². The van der Waals surface area contributed by atoms with Crippen LogP contribution in [0.1, 0.15) is 116 Å². The molecule has 1 aliphatic heterocycles. The lowest BCUT2D eigenvalue weighted by Gasteiger charge is -2.15. The van der Waals surface area contributed by atoms with E-state index in [2.05, 4.69) is 6.92 Å². The number of aliphatic hydroxyl groups excluding tert-OH is 1. The van der Waals surface area contributed by atoms with Crippen molar-refractivity contribution in [2.75, 3.05) is 13.1 Å². The van der Waals surface area contributed by atoms with Crippen LogP contribution in [0.5, 0.6) is 0 Å². The van der Waals surface area contributed by atoms with Gasteiger partial charge in [0.15, 0.2) is 0 Å². The first kappa shape index (κ1) is 22.5. The molecule has 1 unspecified atom stereocenters. The lowest BCUT2D eigenvalue weighted by Crippen LogP contribution is -2.27. The Morgan fingerprint density at radius 1 is 0.800 bits per heavy atom. The van der Waals surface area contributed by atoms with Crippen molar-refractivity contribution < 1.29 is 9.90 Å². The van der Waals surface area contributed by atoms with Crippen LogP contribution in [0, 0.1) is 0 Å². The van der Waals surface area contributed by atoms with E-state index in [1.54, 1.807) is 0 Å². The first-order valence-electron chi connectivity index (χ1n) is 11.2. The molecule has 0 bridgehead atoms. The van der Waals surface area contributed by atoms with E-state index in [1.165, 1.54) is 70.6 Å². The largest absolute Gasteiger partial charge is 0.393 e. The number of carbonyl (C=O) groups excluding carboxylic acids is 1. The number of aliphatic hydroxyl groups is 1. The first-order chi connectivity index (χ1) is 12.2. The molecule has 0 spiro atoms. The molecule has 0 saturated carbocycles. The number of carbonyl (C=O) groups is 1. The maximum atomic E-state index is 11.9. The Balaban J connectivity index is 1.81. The topological polar surface area (TPSA) is 40.5 Å². The number of hydrogen-bond donors (Lipinski definition) is 1. The van der Waals surface area contributed by atoms with Gasteiger partial charge in [-0.15, -0.1) is 0 Å². The second-order valence-electron chi connectivity index (χ2n) is 7.96. The van der Waals surface area contributed by atoms with Crippen molar-refractivity contribution in [1.29, 1.82) is 0 Å². The van der Waals surface area contributed by atoms with Crippen LogP contribution >= 0.6 is 0 Å². The molecule has 1 amide bonds. The van der Waals surface area contributed by atoms with Gasteiger partial charge in [0.25, 0.3) is 0 Å². The molecule has 0 aromatic heterocycles. The highest BCUT2D eigenvalue weighted by Gasteiger charge is 2.17. The number of likely N-dealkylation sites (tertiary alicyclic amines) is 1. The normalized spacial score (nSPS) is 15.7. The highest BCUT2D eigenvalue weighted by Crippen LogP contribution is 2.15. The van der Waals surface area contributed by atoms with Crippen molar-refractivity contribution in [3.05, 3.63) is 0 Å². The highest BCUT2D eigenvalue weighted by atomic mass is 16.3. The van der Waals surface area contributed by atoms with Gasteiger partial charge in [0.1, 0.15) is 0 Å². The van der Waals surface area contributed by atoms with Crippen LogP contribution in [-0.2, 0) is 4.79 Å². The summed E-state index contributed by atoms with van der Waals surface area (Å²) in [7, 11) is 0. The molecule has 3 heteroatoms. The molecular formula is C22H43NO2. The van der Waals surface area contributed by atoms with Crippen molar-refractivity contribution in [3.63, 3.8) is 0 Å². The summed E-state index contributed by atoms with van der Waals surface area (Å²) in [4.78, 5) is 13.9. The van der Waals surface area contributed by atoms with E-state index in [9.17, 15) is 9.90 Å². The van der Waals surface area contributed by atoms with Gasteiger partial charge in [-0.2, -0.15) is 0 Å². The predicted molar refractivity (Wildman–Crippen MR) is 107 cm³/mol. The second-order valence-corrected chi connectivity index (χ2v) is 7.96. The fourth-order valence-electron chi connectivity index (χ4n) is 3.79. The number of nitrogens with zero attached hydrogens (tertiary/aromatic N) is 1. The molecule has 0 aliphatic carbocycles.